The summed E-state index contributed by atoms with van der Waals surface area (Å²) in [6.45, 7) is 1.92. The van der Waals surface area contributed by atoms with Crippen molar-refractivity contribution in [2.75, 3.05) is 6.61 Å². The number of ether oxygens (including phenoxy) is 1. The Labute approximate surface area is 69.9 Å². The molecule has 0 bridgehead atoms. The smallest absolute Gasteiger partial charge is 0.305 e. The van der Waals surface area contributed by atoms with Crippen LogP contribution in [0, 0.1) is 0 Å². The average molecular weight is 181 g/mol. The van der Waals surface area contributed by atoms with E-state index in [-0.39, 0.29) is 19.4 Å². The molecule has 0 saturated carbocycles. The molecule has 0 radical (unpaired) electrons. The van der Waals surface area contributed by atoms with Crippen LogP contribution in [0.1, 0.15) is 19.8 Å². The van der Waals surface area contributed by atoms with E-state index >= 15 is 0 Å². The lowest BCUT2D eigenvalue weighted by Gasteiger charge is -2.08. The number of alkyl halides is 2. The lowest BCUT2D eigenvalue weighted by atomic mass is 10.2. The average Bonchev–Trinajstić information content (AvgIpc) is 2.00. The second-order valence-electron chi connectivity index (χ2n) is 2.34. The Morgan fingerprint density at radius 2 is 2.17 bits per heavy atom. The number of hydrogen-bond donors (Lipinski definition) is 1. The van der Waals surface area contributed by atoms with E-state index in [9.17, 15) is 13.6 Å². The summed E-state index contributed by atoms with van der Waals surface area (Å²) in [4.78, 5) is 10.6. The maximum absolute atomic E-state index is 11.8. The topological polar surface area (TPSA) is 52.3 Å². The number of esters is 1. The largest absolute Gasteiger partial charge is 0.466 e. The van der Waals surface area contributed by atoms with Crippen molar-refractivity contribution in [1.29, 1.82) is 0 Å². The zero-order valence-corrected chi connectivity index (χ0v) is 6.93. The fourth-order valence-corrected chi connectivity index (χ4v) is 0.644. The van der Waals surface area contributed by atoms with Gasteiger partial charge in [-0.25, -0.2) is 8.78 Å². The summed E-state index contributed by atoms with van der Waals surface area (Å²) in [5.74, 6) is -0.478. The number of carbonyl (C=O) groups is 1. The van der Waals surface area contributed by atoms with E-state index in [1.165, 1.54) is 0 Å². The van der Waals surface area contributed by atoms with Gasteiger partial charge in [-0.2, -0.15) is 0 Å². The van der Waals surface area contributed by atoms with E-state index in [1.807, 2.05) is 0 Å². The van der Waals surface area contributed by atoms with E-state index in [1.54, 1.807) is 6.92 Å². The van der Waals surface area contributed by atoms with E-state index < -0.39 is 18.4 Å². The van der Waals surface area contributed by atoms with E-state index in [2.05, 4.69) is 4.74 Å². The molecule has 72 valence electrons. The van der Waals surface area contributed by atoms with Crippen molar-refractivity contribution in [3.05, 3.63) is 0 Å². The van der Waals surface area contributed by atoms with Crippen LogP contribution in [0.3, 0.4) is 0 Å². The minimum Gasteiger partial charge on any atom is -0.466 e. The highest BCUT2D eigenvalue weighted by Crippen LogP contribution is 2.05. The summed E-state index contributed by atoms with van der Waals surface area (Å²) in [5, 5.41) is 0. The van der Waals surface area contributed by atoms with Crippen LogP contribution in [0.4, 0.5) is 8.78 Å². The highest BCUT2D eigenvalue weighted by molar-refractivity contribution is 5.69. The summed E-state index contributed by atoms with van der Waals surface area (Å²) in [6.07, 6.45) is -2.64. The van der Waals surface area contributed by atoms with Gasteiger partial charge in [-0.15, -0.1) is 0 Å². The maximum Gasteiger partial charge on any atom is 0.305 e. The molecule has 12 heavy (non-hydrogen) atoms. The van der Waals surface area contributed by atoms with Gasteiger partial charge < -0.3 is 10.5 Å². The van der Waals surface area contributed by atoms with Crippen LogP contribution in [0.5, 0.6) is 0 Å². The van der Waals surface area contributed by atoms with Gasteiger partial charge in [-0.3, -0.25) is 4.79 Å². The highest BCUT2D eigenvalue weighted by Gasteiger charge is 2.16. The summed E-state index contributed by atoms with van der Waals surface area (Å²) in [6, 6.07) is -1.23. The quantitative estimate of drug-likeness (QED) is 0.642. The minimum atomic E-state index is -2.57. The van der Waals surface area contributed by atoms with Crippen LogP contribution in [-0.2, 0) is 9.53 Å². The van der Waals surface area contributed by atoms with Crippen molar-refractivity contribution >= 4 is 5.97 Å². The van der Waals surface area contributed by atoms with Crippen molar-refractivity contribution in [1.82, 2.24) is 0 Å². The maximum atomic E-state index is 11.8. The number of nitrogens with two attached hydrogens (primary N) is 1. The summed E-state index contributed by atoms with van der Waals surface area (Å²) in [5.41, 5.74) is 5.00. The predicted octanol–water partition coefficient (Wildman–Crippen LogP) is 0.922. The second kappa shape index (κ2) is 5.88. The molecule has 0 aliphatic rings. The Kier molecular flexibility index (Phi) is 5.53. The molecule has 0 aromatic heterocycles. The fourth-order valence-electron chi connectivity index (χ4n) is 0.644. The van der Waals surface area contributed by atoms with Crippen molar-refractivity contribution in [3.8, 4) is 0 Å². The lowest BCUT2D eigenvalue weighted by Crippen LogP contribution is -2.29. The highest BCUT2D eigenvalue weighted by atomic mass is 19.3. The minimum absolute atomic E-state index is 0.0312. The lowest BCUT2D eigenvalue weighted by molar-refractivity contribution is -0.143. The molecule has 3 nitrogen and oxygen atoms in total. The van der Waals surface area contributed by atoms with E-state index in [0.29, 0.717) is 0 Å². The molecule has 0 aromatic rings. The predicted molar refractivity (Wildman–Crippen MR) is 39.8 cm³/mol. The van der Waals surface area contributed by atoms with E-state index in [0.717, 1.165) is 0 Å². The van der Waals surface area contributed by atoms with Gasteiger partial charge in [0.25, 0.3) is 6.43 Å². The van der Waals surface area contributed by atoms with Gasteiger partial charge in [-0.05, 0) is 13.3 Å². The van der Waals surface area contributed by atoms with Gasteiger partial charge in [-0.1, -0.05) is 0 Å². The van der Waals surface area contributed by atoms with Gasteiger partial charge in [0.05, 0.1) is 12.6 Å². The van der Waals surface area contributed by atoms with Crippen molar-refractivity contribution < 1.29 is 18.3 Å². The molecule has 0 heterocycles. The molecular formula is C7H13F2NO2. The normalized spacial score (nSPS) is 13.1. The third kappa shape index (κ3) is 5.01. The number of hydrogen-bond acceptors (Lipinski definition) is 3. The first-order valence-electron chi connectivity index (χ1n) is 3.77. The first-order valence-corrected chi connectivity index (χ1v) is 3.77. The Morgan fingerprint density at radius 1 is 1.58 bits per heavy atom. The summed E-state index contributed by atoms with van der Waals surface area (Å²) in [7, 11) is 0. The van der Waals surface area contributed by atoms with Gasteiger partial charge in [0.2, 0.25) is 0 Å². The molecule has 0 unspecified atom stereocenters. The van der Waals surface area contributed by atoms with Crippen LogP contribution in [-0.4, -0.2) is 25.0 Å². The Hall–Kier alpha value is -0.710. The molecule has 0 saturated heterocycles. The molecular weight excluding hydrogens is 168 g/mol. The number of rotatable bonds is 5. The zero-order valence-electron chi connectivity index (χ0n) is 6.93. The van der Waals surface area contributed by atoms with Gasteiger partial charge in [0, 0.05) is 6.42 Å². The fraction of sp³-hybridized carbons (Fsp3) is 0.857. The van der Waals surface area contributed by atoms with Gasteiger partial charge >= 0.3 is 5.97 Å². The van der Waals surface area contributed by atoms with Crippen LogP contribution in [0.15, 0.2) is 0 Å². The molecule has 0 fully saturated rings. The molecule has 5 heteroatoms. The first kappa shape index (κ1) is 11.3. The molecule has 1 atom stereocenters. The van der Waals surface area contributed by atoms with Crippen LogP contribution < -0.4 is 5.73 Å². The van der Waals surface area contributed by atoms with Crippen LogP contribution >= 0.6 is 0 Å². The zero-order chi connectivity index (χ0) is 9.56. The number of halogens is 2. The third-order valence-corrected chi connectivity index (χ3v) is 1.31. The Balaban J connectivity index is 3.47. The molecule has 0 rings (SSSR count). The third-order valence-electron chi connectivity index (χ3n) is 1.31. The summed E-state index contributed by atoms with van der Waals surface area (Å²) >= 11 is 0. The molecule has 0 aliphatic heterocycles. The standard InChI is InChI=1S/C7H13F2NO2/c1-2-12-6(11)4-3-5(10)7(8)9/h5,7H,2-4,10H2,1H3/t5-/m1/s1. The molecule has 0 amide bonds. The van der Waals surface area contributed by atoms with Crippen molar-refractivity contribution in [2.45, 2.75) is 32.2 Å². The van der Waals surface area contributed by atoms with E-state index in [4.69, 9.17) is 5.73 Å². The molecule has 0 spiro atoms. The van der Waals surface area contributed by atoms with Crippen molar-refractivity contribution in [3.63, 3.8) is 0 Å². The molecule has 0 aliphatic carbocycles. The van der Waals surface area contributed by atoms with Crippen LogP contribution in [0.2, 0.25) is 0 Å². The summed E-state index contributed by atoms with van der Waals surface area (Å²) < 4.78 is 28.1. The van der Waals surface area contributed by atoms with Gasteiger partial charge in [0.1, 0.15) is 0 Å². The molecule has 2 N–H and O–H groups in total. The van der Waals surface area contributed by atoms with Crippen molar-refractivity contribution in [2.24, 2.45) is 5.73 Å². The Morgan fingerprint density at radius 3 is 2.58 bits per heavy atom. The SMILES string of the molecule is CCOC(=O)CC[C@@H](N)C(F)F. The monoisotopic (exact) mass is 181 g/mol. The molecule has 0 aromatic carbocycles. The Bertz CT molecular complexity index is 141. The first-order chi connectivity index (χ1) is 5.57. The second-order valence-corrected chi connectivity index (χ2v) is 2.34. The number of carbonyl (C=O) groups excluding carboxylic acids is 1. The van der Waals surface area contributed by atoms with Crippen LogP contribution in [0.25, 0.3) is 0 Å². The van der Waals surface area contributed by atoms with Gasteiger partial charge in [0.15, 0.2) is 0 Å².